The molecule has 0 spiro atoms. The number of nitrogens with one attached hydrogen (secondary N) is 1. The Morgan fingerprint density at radius 1 is 1.17 bits per heavy atom. The molecule has 0 saturated heterocycles. The molecule has 2 unspecified atom stereocenters. The molecule has 1 amide bonds. The molecule has 6 rings (SSSR count). The van der Waals surface area contributed by atoms with Crippen LogP contribution in [0.5, 0.6) is 0 Å². The second kappa shape index (κ2) is 5.07. The van der Waals surface area contributed by atoms with Crippen molar-refractivity contribution in [3.8, 4) is 0 Å². The quantitative estimate of drug-likeness (QED) is 0.865. The third-order valence-electron chi connectivity index (χ3n) is 6.52. The second-order valence-electron chi connectivity index (χ2n) is 8.17. The van der Waals surface area contributed by atoms with Gasteiger partial charge < -0.3 is 5.32 Å². The number of rotatable bonds is 4. The number of amides is 1. The molecule has 23 heavy (non-hydrogen) atoms. The molecule has 2 aromatic rings. The Balaban J connectivity index is 1.22. The molecule has 1 heterocycles. The Morgan fingerprint density at radius 2 is 1.96 bits per heavy atom. The monoisotopic (exact) mass is 325 g/mol. The Morgan fingerprint density at radius 3 is 2.70 bits per heavy atom. The van der Waals surface area contributed by atoms with Crippen LogP contribution in [0, 0.1) is 23.2 Å². The summed E-state index contributed by atoms with van der Waals surface area (Å²) in [7, 11) is 0. The lowest BCUT2D eigenvalue weighted by molar-refractivity contribution is -0.124. The maximum Gasteiger partial charge on any atom is 0.220 e. The van der Waals surface area contributed by atoms with Crippen molar-refractivity contribution in [1.29, 1.82) is 0 Å². The summed E-state index contributed by atoms with van der Waals surface area (Å²) in [4.78, 5) is 13.8. The van der Waals surface area contributed by atoms with Crippen LogP contribution in [0.15, 0.2) is 30.3 Å². The van der Waals surface area contributed by atoms with E-state index in [2.05, 4.69) is 35.6 Å². The number of hydrogen-bond acceptors (Lipinski definition) is 2. The molecule has 0 radical (unpaired) electrons. The lowest BCUT2D eigenvalue weighted by atomic mass is 9.67. The van der Waals surface area contributed by atoms with Gasteiger partial charge in [-0.1, -0.05) is 18.2 Å². The van der Waals surface area contributed by atoms with Gasteiger partial charge in [0, 0.05) is 16.0 Å². The van der Waals surface area contributed by atoms with Crippen LogP contribution in [0.1, 0.15) is 43.4 Å². The average Bonchev–Trinajstić information content (AvgIpc) is 3.13. The molecular weight excluding hydrogens is 302 g/mol. The van der Waals surface area contributed by atoms with Gasteiger partial charge in [0.05, 0.1) is 6.54 Å². The molecular formula is C20H23NOS. The van der Waals surface area contributed by atoms with Crippen LogP contribution in [0.25, 0.3) is 10.1 Å². The standard InChI is InChI=1S/C20H23NOS/c22-19(11-20-8-13-5-15(9-20)16(6-13)10-20)21-12-17-7-14-3-1-2-4-18(14)23-17/h1-4,7,13,15-16H,5-6,8-12H2,(H,21,22). The summed E-state index contributed by atoms with van der Waals surface area (Å²) in [6.07, 6.45) is 7.64. The predicted octanol–water partition coefficient (Wildman–Crippen LogP) is 4.73. The van der Waals surface area contributed by atoms with Gasteiger partial charge in [-0.25, -0.2) is 0 Å². The summed E-state index contributed by atoms with van der Waals surface area (Å²) in [5.74, 6) is 3.10. The van der Waals surface area contributed by atoms with Gasteiger partial charge in [-0.05, 0) is 72.8 Å². The minimum Gasteiger partial charge on any atom is -0.351 e. The molecule has 4 aliphatic carbocycles. The van der Waals surface area contributed by atoms with Crippen LogP contribution < -0.4 is 5.32 Å². The highest BCUT2D eigenvalue weighted by Gasteiger charge is 2.56. The molecule has 1 aromatic heterocycles. The van der Waals surface area contributed by atoms with Gasteiger partial charge in [-0.15, -0.1) is 11.3 Å². The van der Waals surface area contributed by atoms with Gasteiger partial charge in [0.25, 0.3) is 0 Å². The third kappa shape index (κ3) is 2.40. The van der Waals surface area contributed by atoms with E-state index in [1.54, 1.807) is 11.3 Å². The molecule has 2 nitrogen and oxygen atoms in total. The van der Waals surface area contributed by atoms with E-state index in [0.717, 1.165) is 24.2 Å². The lowest BCUT2D eigenvalue weighted by Gasteiger charge is -2.37. The lowest BCUT2D eigenvalue weighted by Crippen LogP contribution is -2.34. The molecule has 0 aliphatic heterocycles. The minimum atomic E-state index is 0.268. The van der Waals surface area contributed by atoms with E-state index < -0.39 is 0 Å². The van der Waals surface area contributed by atoms with Crippen molar-refractivity contribution in [2.24, 2.45) is 23.2 Å². The van der Waals surface area contributed by atoms with Crippen LogP contribution in [0.3, 0.4) is 0 Å². The average molecular weight is 325 g/mol. The van der Waals surface area contributed by atoms with E-state index >= 15 is 0 Å². The number of hydrogen-bond donors (Lipinski definition) is 1. The summed E-state index contributed by atoms with van der Waals surface area (Å²) in [6, 6.07) is 10.6. The summed E-state index contributed by atoms with van der Waals surface area (Å²) in [5, 5.41) is 4.47. The fourth-order valence-electron chi connectivity index (χ4n) is 5.91. The zero-order valence-corrected chi connectivity index (χ0v) is 14.2. The van der Waals surface area contributed by atoms with Gasteiger partial charge in [-0.3, -0.25) is 4.79 Å². The SMILES string of the molecule is O=C(CC12CC3CC(C1)C(C3)C2)NCc1cc2ccccc2s1. The number of carbonyl (C=O) groups is 1. The van der Waals surface area contributed by atoms with Crippen molar-refractivity contribution >= 4 is 27.3 Å². The van der Waals surface area contributed by atoms with Gasteiger partial charge in [0.1, 0.15) is 0 Å². The van der Waals surface area contributed by atoms with Crippen molar-refractivity contribution in [1.82, 2.24) is 5.32 Å². The highest BCUT2D eigenvalue weighted by Crippen LogP contribution is 2.65. The van der Waals surface area contributed by atoms with Gasteiger partial charge in [-0.2, -0.15) is 0 Å². The molecule has 4 saturated carbocycles. The van der Waals surface area contributed by atoms with E-state index in [1.165, 1.54) is 47.1 Å². The van der Waals surface area contributed by atoms with Gasteiger partial charge in [0.15, 0.2) is 0 Å². The summed E-state index contributed by atoms with van der Waals surface area (Å²) in [5.41, 5.74) is 0.362. The second-order valence-corrected chi connectivity index (χ2v) is 9.34. The summed E-state index contributed by atoms with van der Waals surface area (Å²) >= 11 is 1.79. The van der Waals surface area contributed by atoms with Crippen LogP contribution in [0.4, 0.5) is 0 Å². The molecule has 1 aromatic carbocycles. The fraction of sp³-hybridized carbons (Fsp3) is 0.550. The first-order chi connectivity index (χ1) is 11.2. The smallest absolute Gasteiger partial charge is 0.220 e. The van der Waals surface area contributed by atoms with Crippen LogP contribution in [0.2, 0.25) is 0 Å². The van der Waals surface area contributed by atoms with E-state index in [1.807, 2.05) is 0 Å². The van der Waals surface area contributed by atoms with Crippen molar-refractivity contribution in [3.63, 3.8) is 0 Å². The van der Waals surface area contributed by atoms with Crippen molar-refractivity contribution in [2.45, 2.75) is 45.1 Å². The zero-order chi connectivity index (χ0) is 15.4. The van der Waals surface area contributed by atoms with Crippen molar-refractivity contribution in [3.05, 3.63) is 35.2 Å². The number of benzene rings is 1. The Bertz CT molecular complexity index is 711. The molecule has 4 bridgehead atoms. The number of fused-ring (bicyclic) bond motifs is 1. The summed E-state index contributed by atoms with van der Waals surface area (Å²) < 4.78 is 1.31. The number of carbonyl (C=O) groups excluding carboxylic acids is 1. The van der Waals surface area contributed by atoms with E-state index in [9.17, 15) is 4.79 Å². The molecule has 4 aliphatic rings. The molecule has 1 N–H and O–H groups in total. The Hall–Kier alpha value is -1.35. The van der Waals surface area contributed by atoms with E-state index in [0.29, 0.717) is 12.0 Å². The van der Waals surface area contributed by atoms with Gasteiger partial charge in [0.2, 0.25) is 5.91 Å². The van der Waals surface area contributed by atoms with Crippen LogP contribution in [-0.4, -0.2) is 5.91 Å². The van der Waals surface area contributed by atoms with Crippen LogP contribution in [-0.2, 0) is 11.3 Å². The normalized spacial score (nSPS) is 34.3. The highest BCUT2D eigenvalue weighted by atomic mass is 32.1. The Kier molecular flexibility index (Phi) is 3.09. The first-order valence-electron chi connectivity index (χ1n) is 8.93. The first kappa shape index (κ1) is 14.0. The maximum absolute atomic E-state index is 12.5. The largest absolute Gasteiger partial charge is 0.351 e. The molecule has 2 atom stereocenters. The predicted molar refractivity (Wildman–Crippen MR) is 94.3 cm³/mol. The Labute approximate surface area is 141 Å². The van der Waals surface area contributed by atoms with E-state index in [-0.39, 0.29) is 5.91 Å². The molecule has 4 fully saturated rings. The van der Waals surface area contributed by atoms with Crippen molar-refractivity contribution in [2.75, 3.05) is 0 Å². The zero-order valence-electron chi connectivity index (χ0n) is 13.4. The topological polar surface area (TPSA) is 29.1 Å². The molecule has 3 heteroatoms. The number of thiophene rings is 1. The summed E-state index contributed by atoms with van der Waals surface area (Å²) in [6.45, 7) is 0.685. The van der Waals surface area contributed by atoms with Crippen molar-refractivity contribution < 1.29 is 4.79 Å². The third-order valence-corrected chi connectivity index (χ3v) is 7.64. The highest BCUT2D eigenvalue weighted by molar-refractivity contribution is 7.19. The fourth-order valence-corrected chi connectivity index (χ4v) is 6.91. The van der Waals surface area contributed by atoms with Gasteiger partial charge >= 0.3 is 0 Å². The first-order valence-corrected chi connectivity index (χ1v) is 9.75. The van der Waals surface area contributed by atoms with E-state index in [4.69, 9.17) is 0 Å². The molecule has 120 valence electrons. The minimum absolute atomic E-state index is 0.268. The maximum atomic E-state index is 12.5. The van der Waals surface area contributed by atoms with Crippen LogP contribution >= 0.6 is 11.3 Å².